The first-order valence-electron chi connectivity index (χ1n) is 10.1. The van der Waals surface area contributed by atoms with Crippen molar-refractivity contribution in [1.82, 2.24) is 24.6 Å². The summed E-state index contributed by atoms with van der Waals surface area (Å²) in [6.07, 6.45) is 4.09. The van der Waals surface area contributed by atoms with E-state index in [4.69, 9.17) is 0 Å². The van der Waals surface area contributed by atoms with Crippen molar-refractivity contribution in [2.45, 2.75) is 26.3 Å². The summed E-state index contributed by atoms with van der Waals surface area (Å²) in [5, 5.41) is 7.56. The predicted molar refractivity (Wildman–Crippen MR) is 110 cm³/mol. The molecular weight excluding hydrogens is 368 g/mol. The van der Waals surface area contributed by atoms with Crippen LogP contribution in [0.1, 0.15) is 29.0 Å². The molecular formula is C21H24N6O2. The molecule has 2 aliphatic rings. The molecule has 1 aromatic carbocycles. The first-order valence-corrected chi connectivity index (χ1v) is 10.1. The van der Waals surface area contributed by atoms with Gasteiger partial charge in [0.1, 0.15) is 5.69 Å². The number of aromatic nitrogens is 4. The first kappa shape index (κ1) is 17.9. The number of H-pyrrole nitrogens is 1. The zero-order valence-electron chi connectivity index (χ0n) is 16.5. The van der Waals surface area contributed by atoms with Crippen molar-refractivity contribution in [2.24, 2.45) is 5.92 Å². The van der Waals surface area contributed by atoms with Gasteiger partial charge in [0.15, 0.2) is 0 Å². The van der Waals surface area contributed by atoms with E-state index in [9.17, 15) is 9.59 Å². The Balaban J connectivity index is 1.30. The van der Waals surface area contributed by atoms with Crippen molar-refractivity contribution in [3.8, 4) is 0 Å². The van der Waals surface area contributed by atoms with Crippen molar-refractivity contribution in [3.05, 3.63) is 52.3 Å². The number of fused-ring (bicyclic) bond motifs is 1. The fraction of sp³-hybridized carbons (Fsp3) is 0.429. The smallest absolute Gasteiger partial charge is 0.274 e. The van der Waals surface area contributed by atoms with E-state index in [0.29, 0.717) is 30.1 Å². The highest BCUT2D eigenvalue weighted by atomic mass is 16.2. The molecule has 150 valence electrons. The largest absolute Gasteiger partial charge is 0.368 e. The Morgan fingerprint density at radius 3 is 2.66 bits per heavy atom. The number of carbonyl (C=O) groups excluding carboxylic acids is 1. The molecule has 0 atom stereocenters. The molecule has 0 unspecified atom stereocenters. The van der Waals surface area contributed by atoms with Crippen LogP contribution in [0, 0.1) is 12.8 Å². The summed E-state index contributed by atoms with van der Waals surface area (Å²) in [5.74, 6) is 0.598. The molecule has 1 aliphatic heterocycles. The van der Waals surface area contributed by atoms with E-state index in [1.165, 1.54) is 12.8 Å². The maximum Gasteiger partial charge on any atom is 0.274 e. The molecule has 5 rings (SSSR count). The van der Waals surface area contributed by atoms with Gasteiger partial charge in [-0.3, -0.25) is 19.3 Å². The van der Waals surface area contributed by atoms with Crippen LogP contribution in [0.2, 0.25) is 0 Å². The second kappa shape index (κ2) is 7.02. The maximum atomic E-state index is 12.7. The lowest BCUT2D eigenvalue weighted by atomic mass is 10.2. The van der Waals surface area contributed by atoms with Crippen LogP contribution in [0.15, 0.2) is 35.4 Å². The second-order valence-electron chi connectivity index (χ2n) is 8.06. The van der Waals surface area contributed by atoms with Crippen LogP contribution < -0.4 is 10.5 Å². The van der Waals surface area contributed by atoms with Crippen molar-refractivity contribution >= 4 is 22.5 Å². The zero-order chi connectivity index (χ0) is 20.0. The molecule has 1 saturated carbocycles. The topological polar surface area (TPSA) is 87.1 Å². The van der Waals surface area contributed by atoms with Gasteiger partial charge in [-0.1, -0.05) is 0 Å². The fourth-order valence-electron chi connectivity index (χ4n) is 3.91. The Morgan fingerprint density at radius 2 is 1.97 bits per heavy atom. The first-order chi connectivity index (χ1) is 14.1. The number of carbonyl (C=O) groups is 1. The molecule has 3 heterocycles. The Bertz CT molecular complexity index is 1120. The molecule has 1 saturated heterocycles. The van der Waals surface area contributed by atoms with E-state index < -0.39 is 0 Å². The van der Waals surface area contributed by atoms with E-state index in [2.05, 4.69) is 20.1 Å². The average molecular weight is 392 g/mol. The lowest BCUT2D eigenvalue weighted by Gasteiger charge is -2.35. The van der Waals surface area contributed by atoms with Gasteiger partial charge in [-0.05, 0) is 49.9 Å². The van der Waals surface area contributed by atoms with Crippen LogP contribution in [0.25, 0.3) is 10.9 Å². The Morgan fingerprint density at radius 1 is 1.17 bits per heavy atom. The van der Waals surface area contributed by atoms with Crippen LogP contribution in [-0.4, -0.2) is 56.7 Å². The number of benzene rings is 1. The van der Waals surface area contributed by atoms with Crippen LogP contribution in [0.4, 0.5) is 5.69 Å². The monoisotopic (exact) mass is 392 g/mol. The lowest BCUT2D eigenvalue weighted by molar-refractivity contribution is 0.0741. The summed E-state index contributed by atoms with van der Waals surface area (Å²) in [7, 11) is 0. The molecule has 1 aliphatic carbocycles. The highest BCUT2D eigenvalue weighted by Gasteiger charge is 2.25. The molecule has 8 heteroatoms. The summed E-state index contributed by atoms with van der Waals surface area (Å²) in [5.41, 5.74) is 3.15. The number of nitrogens with zero attached hydrogens (tertiary/aromatic N) is 5. The molecule has 2 aromatic heterocycles. The average Bonchev–Trinajstić information content (AvgIpc) is 3.46. The van der Waals surface area contributed by atoms with Crippen LogP contribution >= 0.6 is 0 Å². The summed E-state index contributed by atoms with van der Waals surface area (Å²) < 4.78 is 1.74. The van der Waals surface area contributed by atoms with E-state index in [1.54, 1.807) is 17.0 Å². The standard InChI is InChI=1S/C21H24N6O2/c1-14-10-19(24-23-14)21(29)26-8-6-25(7-9-26)16-4-5-17-18(11-16)22-13-27(20(17)28)12-15-2-3-15/h4-5,10-11,13,15H,2-3,6-9,12H2,1H3,(H,23,24). The molecule has 8 nitrogen and oxygen atoms in total. The third-order valence-electron chi connectivity index (χ3n) is 5.82. The number of anilines is 1. The molecule has 2 fully saturated rings. The number of rotatable bonds is 4. The van der Waals surface area contributed by atoms with Gasteiger partial charge < -0.3 is 9.80 Å². The van der Waals surface area contributed by atoms with Crippen LogP contribution in [-0.2, 0) is 6.54 Å². The Hall–Kier alpha value is -3.16. The summed E-state index contributed by atoms with van der Waals surface area (Å²) in [6.45, 7) is 5.41. The summed E-state index contributed by atoms with van der Waals surface area (Å²) in [6, 6.07) is 7.63. The lowest BCUT2D eigenvalue weighted by Crippen LogP contribution is -2.48. The minimum Gasteiger partial charge on any atom is -0.368 e. The van der Waals surface area contributed by atoms with Crippen molar-refractivity contribution in [2.75, 3.05) is 31.1 Å². The van der Waals surface area contributed by atoms with Crippen LogP contribution in [0.3, 0.4) is 0 Å². The molecule has 1 amide bonds. The fourth-order valence-corrected chi connectivity index (χ4v) is 3.91. The van der Waals surface area contributed by atoms with Crippen molar-refractivity contribution in [3.63, 3.8) is 0 Å². The predicted octanol–water partition coefficient (Wildman–Crippen LogP) is 1.80. The Labute approximate surface area is 168 Å². The van der Waals surface area contributed by atoms with E-state index >= 15 is 0 Å². The summed E-state index contributed by atoms with van der Waals surface area (Å²) >= 11 is 0. The second-order valence-corrected chi connectivity index (χ2v) is 8.06. The van der Waals surface area contributed by atoms with E-state index in [0.717, 1.165) is 36.5 Å². The molecule has 0 radical (unpaired) electrons. The van der Waals surface area contributed by atoms with Gasteiger partial charge >= 0.3 is 0 Å². The quantitative estimate of drug-likeness (QED) is 0.732. The molecule has 0 bridgehead atoms. The SMILES string of the molecule is Cc1cc(C(=O)N2CCN(c3ccc4c(=O)n(CC5CC5)cnc4c3)CC2)n[nH]1. The van der Waals surface area contributed by atoms with Gasteiger partial charge in [-0.15, -0.1) is 0 Å². The maximum absolute atomic E-state index is 12.7. The van der Waals surface area contributed by atoms with Gasteiger partial charge in [-0.2, -0.15) is 5.10 Å². The number of aromatic amines is 1. The normalized spacial score (nSPS) is 17.1. The van der Waals surface area contributed by atoms with E-state index in [1.807, 2.05) is 30.0 Å². The van der Waals surface area contributed by atoms with E-state index in [-0.39, 0.29) is 11.5 Å². The van der Waals surface area contributed by atoms with Crippen molar-refractivity contribution < 1.29 is 4.79 Å². The molecule has 29 heavy (non-hydrogen) atoms. The Kier molecular flexibility index (Phi) is 4.34. The van der Waals surface area contributed by atoms with Gasteiger partial charge in [0, 0.05) is 44.1 Å². The zero-order valence-corrected chi connectivity index (χ0v) is 16.5. The third kappa shape index (κ3) is 3.50. The highest BCUT2D eigenvalue weighted by Crippen LogP contribution is 2.30. The van der Waals surface area contributed by atoms with Gasteiger partial charge in [0.05, 0.1) is 17.2 Å². The molecule has 0 spiro atoms. The molecule has 1 N–H and O–H groups in total. The highest BCUT2D eigenvalue weighted by molar-refractivity contribution is 5.92. The number of hydrogen-bond acceptors (Lipinski definition) is 5. The summed E-state index contributed by atoms with van der Waals surface area (Å²) in [4.78, 5) is 33.8. The number of piperazine rings is 1. The van der Waals surface area contributed by atoms with Gasteiger partial charge in [0.2, 0.25) is 0 Å². The van der Waals surface area contributed by atoms with Crippen molar-refractivity contribution in [1.29, 1.82) is 0 Å². The minimum absolute atomic E-state index is 0.0367. The molecule has 3 aromatic rings. The number of hydrogen-bond donors (Lipinski definition) is 1. The van der Waals surface area contributed by atoms with Crippen LogP contribution in [0.5, 0.6) is 0 Å². The number of aryl methyl sites for hydroxylation is 1. The minimum atomic E-state index is -0.0367. The van der Waals surface area contributed by atoms with Gasteiger partial charge in [-0.25, -0.2) is 4.98 Å². The number of amides is 1. The third-order valence-corrected chi connectivity index (χ3v) is 5.82. The van der Waals surface area contributed by atoms with Gasteiger partial charge in [0.25, 0.3) is 11.5 Å². The number of nitrogens with one attached hydrogen (secondary N) is 1.